The quantitative estimate of drug-likeness (QED) is 0.780. The van der Waals surface area contributed by atoms with E-state index in [1.165, 1.54) is 51.4 Å². The Morgan fingerprint density at radius 1 is 1.31 bits per heavy atom. The third-order valence-electron chi connectivity index (χ3n) is 4.61. The molecule has 2 aliphatic rings. The summed E-state index contributed by atoms with van der Waals surface area (Å²) in [6.45, 7) is 3.28. The van der Waals surface area contributed by atoms with E-state index in [4.69, 9.17) is 10.5 Å². The molecule has 0 aromatic carbocycles. The Morgan fingerprint density at radius 2 is 2.19 bits per heavy atom. The van der Waals surface area contributed by atoms with Crippen LogP contribution >= 0.6 is 0 Å². The van der Waals surface area contributed by atoms with E-state index < -0.39 is 0 Å². The molecular formula is C14H27NO. The molecule has 2 heteroatoms. The lowest BCUT2D eigenvalue weighted by Gasteiger charge is -2.20. The molecule has 2 N–H and O–H groups in total. The van der Waals surface area contributed by atoms with Crippen molar-refractivity contribution in [3.63, 3.8) is 0 Å². The van der Waals surface area contributed by atoms with Crippen LogP contribution in [0.15, 0.2) is 0 Å². The van der Waals surface area contributed by atoms with Crippen LogP contribution in [0.5, 0.6) is 0 Å². The molecule has 0 amide bonds. The molecule has 1 aliphatic heterocycles. The molecule has 16 heavy (non-hydrogen) atoms. The lowest BCUT2D eigenvalue weighted by atomic mass is 9.92. The van der Waals surface area contributed by atoms with Gasteiger partial charge in [-0.15, -0.1) is 0 Å². The lowest BCUT2D eigenvalue weighted by molar-refractivity contribution is 0.0988. The number of nitrogens with two attached hydrogens (primary N) is 1. The summed E-state index contributed by atoms with van der Waals surface area (Å²) in [5, 5.41) is 0. The molecule has 2 rings (SSSR count). The highest BCUT2D eigenvalue weighted by atomic mass is 16.5. The molecule has 94 valence electrons. The summed E-state index contributed by atoms with van der Waals surface area (Å²) in [5.74, 6) is 1.75. The summed E-state index contributed by atoms with van der Waals surface area (Å²) in [6.07, 6.45) is 10.9. The Morgan fingerprint density at radius 3 is 2.81 bits per heavy atom. The fourth-order valence-corrected chi connectivity index (χ4v) is 3.36. The van der Waals surface area contributed by atoms with Crippen molar-refractivity contribution in [2.75, 3.05) is 6.61 Å². The van der Waals surface area contributed by atoms with Crippen LogP contribution in [0.1, 0.15) is 58.3 Å². The summed E-state index contributed by atoms with van der Waals surface area (Å²) in [4.78, 5) is 0. The Kier molecular flexibility index (Phi) is 4.66. The highest BCUT2D eigenvalue weighted by molar-refractivity contribution is 4.83. The summed E-state index contributed by atoms with van der Waals surface area (Å²) in [5.41, 5.74) is 6.32. The summed E-state index contributed by atoms with van der Waals surface area (Å²) < 4.78 is 5.65. The predicted molar refractivity (Wildman–Crippen MR) is 67.3 cm³/mol. The van der Waals surface area contributed by atoms with Crippen LogP contribution in [0, 0.1) is 11.8 Å². The largest absolute Gasteiger partial charge is 0.378 e. The predicted octanol–water partition coefficient (Wildman–Crippen LogP) is 3.10. The van der Waals surface area contributed by atoms with Gasteiger partial charge in [0.15, 0.2) is 0 Å². The Balaban J connectivity index is 1.65. The fourth-order valence-electron chi connectivity index (χ4n) is 3.36. The molecule has 1 aliphatic carbocycles. The van der Waals surface area contributed by atoms with E-state index in [0.29, 0.717) is 12.1 Å². The van der Waals surface area contributed by atoms with Crippen LogP contribution < -0.4 is 5.73 Å². The van der Waals surface area contributed by atoms with Crippen LogP contribution in [-0.2, 0) is 4.74 Å². The van der Waals surface area contributed by atoms with Gasteiger partial charge in [-0.05, 0) is 50.4 Å². The molecule has 2 nitrogen and oxygen atoms in total. The second kappa shape index (κ2) is 6.02. The van der Waals surface area contributed by atoms with E-state index in [9.17, 15) is 0 Å². The van der Waals surface area contributed by atoms with Crippen molar-refractivity contribution in [3.05, 3.63) is 0 Å². The highest BCUT2D eigenvalue weighted by Crippen LogP contribution is 2.35. The monoisotopic (exact) mass is 225 g/mol. The molecule has 0 spiro atoms. The summed E-state index contributed by atoms with van der Waals surface area (Å²) >= 11 is 0. The van der Waals surface area contributed by atoms with Gasteiger partial charge in [-0.2, -0.15) is 0 Å². The van der Waals surface area contributed by atoms with Crippen LogP contribution in [-0.4, -0.2) is 18.8 Å². The first-order chi connectivity index (χ1) is 7.79. The number of hydrogen-bond donors (Lipinski definition) is 1. The van der Waals surface area contributed by atoms with Crippen molar-refractivity contribution in [2.24, 2.45) is 17.6 Å². The van der Waals surface area contributed by atoms with Gasteiger partial charge >= 0.3 is 0 Å². The van der Waals surface area contributed by atoms with Crippen molar-refractivity contribution in [3.8, 4) is 0 Å². The van der Waals surface area contributed by atoms with E-state index >= 15 is 0 Å². The van der Waals surface area contributed by atoms with E-state index in [2.05, 4.69) is 6.92 Å². The maximum absolute atomic E-state index is 6.32. The topological polar surface area (TPSA) is 35.2 Å². The SMILES string of the molecule is CCC1CCC(C(N)CCC2CCCO2)C1. The van der Waals surface area contributed by atoms with Gasteiger partial charge in [0.2, 0.25) is 0 Å². The maximum atomic E-state index is 6.32. The van der Waals surface area contributed by atoms with Crippen LogP contribution in [0.4, 0.5) is 0 Å². The average Bonchev–Trinajstić information content (AvgIpc) is 2.96. The summed E-state index contributed by atoms with van der Waals surface area (Å²) in [6, 6.07) is 0.431. The molecular weight excluding hydrogens is 198 g/mol. The third kappa shape index (κ3) is 3.21. The van der Waals surface area contributed by atoms with Crippen LogP contribution in [0.2, 0.25) is 0 Å². The van der Waals surface area contributed by atoms with Gasteiger partial charge in [-0.3, -0.25) is 0 Å². The van der Waals surface area contributed by atoms with Gasteiger partial charge in [0, 0.05) is 12.6 Å². The van der Waals surface area contributed by atoms with Crippen molar-refractivity contribution in [1.29, 1.82) is 0 Å². The first kappa shape index (κ1) is 12.4. The van der Waals surface area contributed by atoms with Crippen molar-refractivity contribution >= 4 is 0 Å². The molecule has 0 radical (unpaired) electrons. The minimum atomic E-state index is 0.431. The second-order valence-corrected chi connectivity index (χ2v) is 5.72. The first-order valence-electron chi connectivity index (χ1n) is 7.16. The molecule has 0 aromatic rings. The Bertz CT molecular complexity index is 201. The molecule has 1 saturated carbocycles. The zero-order chi connectivity index (χ0) is 11.4. The molecule has 1 heterocycles. The molecule has 1 saturated heterocycles. The van der Waals surface area contributed by atoms with Crippen molar-refractivity contribution < 1.29 is 4.74 Å². The fraction of sp³-hybridized carbons (Fsp3) is 1.00. The lowest BCUT2D eigenvalue weighted by Crippen LogP contribution is -2.29. The number of hydrogen-bond acceptors (Lipinski definition) is 2. The van der Waals surface area contributed by atoms with Crippen LogP contribution in [0.3, 0.4) is 0 Å². The minimum Gasteiger partial charge on any atom is -0.378 e. The normalized spacial score (nSPS) is 36.8. The second-order valence-electron chi connectivity index (χ2n) is 5.72. The average molecular weight is 225 g/mol. The zero-order valence-electron chi connectivity index (χ0n) is 10.7. The molecule has 4 atom stereocenters. The van der Waals surface area contributed by atoms with Gasteiger partial charge in [0.1, 0.15) is 0 Å². The van der Waals surface area contributed by atoms with Gasteiger partial charge in [-0.1, -0.05) is 19.8 Å². The van der Waals surface area contributed by atoms with Crippen molar-refractivity contribution in [1.82, 2.24) is 0 Å². The van der Waals surface area contributed by atoms with Gasteiger partial charge in [-0.25, -0.2) is 0 Å². The smallest absolute Gasteiger partial charge is 0.0576 e. The maximum Gasteiger partial charge on any atom is 0.0576 e. The van der Waals surface area contributed by atoms with Gasteiger partial charge in [0.05, 0.1) is 6.10 Å². The van der Waals surface area contributed by atoms with Crippen molar-refractivity contribution in [2.45, 2.75) is 70.4 Å². The summed E-state index contributed by atoms with van der Waals surface area (Å²) in [7, 11) is 0. The Hall–Kier alpha value is -0.0800. The molecule has 4 unspecified atom stereocenters. The van der Waals surface area contributed by atoms with Gasteiger partial charge < -0.3 is 10.5 Å². The standard InChI is InChI=1S/C14H27NO/c1-2-11-5-6-12(10-11)14(15)8-7-13-4-3-9-16-13/h11-14H,2-10,15H2,1H3. The highest BCUT2D eigenvalue weighted by Gasteiger charge is 2.28. The van der Waals surface area contributed by atoms with E-state index in [0.717, 1.165) is 18.4 Å². The molecule has 0 bridgehead atoms. The minimum absolute atomic E-state index is 0.431. The zero-order valence-corrected chi connectivity index (χ0v) is 10.7. The number of rotatable bonds is 5. The van der Waals surface area contributed by atoms with Crippen LogP contribution in [0.25, 0.3) is 0 Å². The van der Waals surface area contributed by atoms with E-state index in [1.807, 2.05) is 0 Å². The van der Waals surface area contributed by atoms with E-state index in [1.54, 1.807) is 0 Å². The third-order valence-corrected chi connectivity index (χ3v) is 4.61. The molecule has 2 fully saturated rings. The van der Waals surface area contributed by atoms with Gasteiger partial charge in [0.25, 0.3) is 0 Å². The molecule has 0 aromatic heterocycles. The number of ether oxygens (including phenoxy) is 1. The first-order valence-corrected chi connectivity index (χ1v) is 7.16. The van der Waals surface area contributed by atoms with E-state index in [-0.39, 0.29) is 0 Å². The Labute approximate surface area is 99.9 Å².